The van der Waals surface area contributed by atoms with E-state index in [9.17, 15) is 4.79 Å². The minimum Gasteiger partial charge on any atom is -0.481 e. The van der Waals surface area contributed by atoms with E-state index in [1.165, 1.54) is 0 Å². The average molecular weight is 242 g/mol. The van der Waals surface area contributed by atoms with Crippen LogP contribution in [0.4, 0.5) is 0 Å². The van der Waals surface area contributed by atoms with E-state index in [1.807, 2.05) is 16.9 Å². The summed E-state index contributed by atoms with van der Waals surface area (Å²) in [7, 11) is 0. The molecule has 1 rings (SSSR count). The fourth-order valence-electron chi connectivity index (χ4n) is 1.15. The molecule has 0 aliphatic carbocycles. The van der Waals surface area contributed by atoms with E-state index in [-0.39, 0.29) is 5.92 Å². The van der Waals surface area contributed by atoms with Gasteiger partial charge in [0.15, 0.2) is 0 Å². The van der Waals surface area contributed by atoms with Crippen molar-refractivity contribution in [3.8, 4) is 0 Å². The molecule has 1 N–H and O–H groups in total. The Bertz CT molecular complexity index is 350. The van der Waals surface area contributed by atoms with Crippen LogP contribution in [0.25, 0.3) is 0 Å². The van der Waals surface area contributed by atoms with E-state index in [0.717, 1.165) is 11.4 Å². The zero-order chi connectivity index (χ0) is 12.1. The van der Waals surface area contributed by atoms with E-state index >= 15 is 0 Å². The first-order chi connectivity index (χ1) is 7.50. The molecule has 1 aromatic heterocycles. The van der Waals surface area contributed by atoms with Crippen LogP contribution in [0.2, 0.25) is 0 Å². The lowest BCUT2D eigenvalue weighted by Crippen LogP contribution is -2.11. The molecule has 1 heterocycles. The number of carbonyl (C=O) groups is 1. The zero-order valence-corrected chi connectivity index (χ0v) is 10.7. The first-order valence-electron chi connectivity index (χ1n) is 5.35. The van der Waals surface area contributed by atoms with E-state index in [0.29, 0.717) is 11.8 Å². The third-order valence-corrected chi connectivity index (χ3v) is 3.47. The molecule has 16 heavy (non-hydrogen) atoms. The van der Waals surface area contributed by atoms with Crippen molar-refractivity contribution in [2.75, 3.05) is 5.75 Å². The molecule has 0 bridgehead atoms. The highest BCUT2D eigenvalue weighted by atomic mass is 32.2. The molecule has 90 valence electrons. The van der Waals surface area contributed by atoms with Crippen LogP contribution < -0.4 is 0 Å². The molecule has 0 aromatic carbocycles. The van der Waals surface area contributed by atoms with Gasteiger partial charge in [-0.05, 0) is 19.9 Å². The molecular formula is C11H18N2O2S. The summed E-state index contributed by atoms with van der Waals surface area (Å²) in [5, 5.41) is 13.1. The number of nitrogens with zero attached hydrogens (tertiary/aromatic N) is 2. The third kappa shape index (κ3) is 3.89. The van der Waals surface area contributed by atoms with Crippen LogP contribution in [0.1, 0.15) is 32.5 Å². The largest absolute Gasteiger partial charge is 0.481 e. The lowest BCUT2D eigenvalue weighted by atomic mass is 10.2. The molecule has 1 atom stereocenters. The molecule has 0 saturated carbocycles. The van der Waals surface area contributed by atoms with E-state index < -0.39 is 5.97 Å². The Morgan fingerprint density at radius 1 is 1.56 bits per heavy atom. The number of rotatable bonds is 6. The number of carboxylic acids is 1. The number of aromatic nitrogens is 2. The van der Waals surface area contributed by atoms with Crippen LogP contribution in [-0.2, 0) is 10.5 Å². The predicted octanol–water partition coefficient (Wildman–Crippen LogP) is 2.42. The summed E-state index contributed by atoms with van der Waals surface area (Å²) >= 11 is 1.61. The van der Waals surface area contributed by atoms with Gasteiger partial charge in [-0.3, -0.25) is 9.48 Å². The quantitative estimate of drug-likeness (QED) is 0.832. The van der Waals surface area contributed by atoms with Crippen molar-refractivity contribution in [1.82, 2.24) is 9.78 Å². The highest BCUT2D eigenvalue weighted by molar-refractivity contribution is 7.98. The molecule has 0 amide bonds. The molecule has 0 spiro atoms. The van der Waals surface area contributed by atoms with Crippen LogP contribution in [0.15, 0.2) is 12.3 Å². The fraction of sp³-hybridized carbons (Fsp3) is 0.636. The van der Waals surface area contributed by atoms with Crippen molar-refractivity contribution in [3.05, 3.63) is 18.0 Å². The van der Waals surface area contributed by atoms with Gasteiger partial charge in [-0.15, -0.1) is 0 Å². The Morgan fingerprint density at radius 3 is 2.75 bits per heavy atom. The van der Waals surface area contributed by atoms with Gasteiger partial charge in [0.25, 0.3) is 0 Å². The van der Waals surface area contributed by atoms with Gasteiger partial charge < -0.3 is 5.11 Å². The van der Waals surface area contributed by atoms with Crippen molar-refractivity contribution < 1.29 is 9.90 Å². The second-order valence-corrected chi connectivity index (χ2v) is 5.17. The molecule has 0 radical (unpaired) electrons. The molecule has 0 aliphatic heterocycles. The molecule has 1 aromatic rings. The van der Waals surface area contributed by atoms with Crippen molar-refractivity contribution in [3.63, 3.8) is 0 Å². The minimum atomic E-state index is -0.736. The van der Waals surface area contributed by atoms with Gasteiger partial charge in [-0.25, -0.2) is 0 Å². The van der Waals surface area contributed by atoms with Crippen LogP contribution >= 0.6 is 11.8 Å². The minimum absolute atomic E-state index is 0.294. The van der Waals surface area contributed by atoms with Gasteiger partial charge in [-0.1, -0.05) is 6.92 Å². The summed E-state index contributed by atoms with van der Waals surface area (Å²) < 4.78 is 1.91. The lowest BCUT2D eigenvalue weighted by Gasteiger charge is -2.05. The smallest absolute Gasteiger partial charge is 0.307 e. The maximum Gasteiger partial charge on any atom is 0.307 e. The fourth-order valence-corrected chi connectivity index (χ4v) is 2.13. The van der Waals surface area contributed by atoms with Gasteiger partial charge in [0, 0.05) is 23.7 Å². The Balaban J connectivity index is 2.34. The zero-order valence-electron chi connectivity index (χ0n) is 9.88. The first-order valence-corrected chi connectivity index (χ1v) is 6.50. The molecule has 5 heteroatoms. The molecule has 0 fully saturated rings. The highest BCUT2D eigenvalue weighted by Gasteiger charge is 2.11. The van der Waals surface area contributed by atoms with Crippen molar-refractivity contribution in [2.45, 2.75) is 32.6 Å². The molecule has 4 nitrogen and oxygen atoms in total. The van der Waals surface area contributed by atoms with E-state index in [1.54, 1.807) is 18.7 Å². The SMILES string of the molecule is CC(CSCc1ccn(C(C)C)n1)C(=O)O. The summed E-state index contributed by atoms with van der Waals surface area (Å²) in [5.74, 6) is 0.374. The van der Waals surface area contributed by atoms with Crippen molar-refractivity contribution >= 4 is 17.7 Å². The molecule has 1 unspecified atom stereocenters. The number of carboxylic acid groups (broad SMARTS) is 1. The van der Waals surface area contributed by atoms with Gasteiger partial charge in [-0.2, -0.15) is 16.9 Å². The standard InChI is InChI=1S/C11H18N2O2S/c1-8(2)13-5-4-10(12-13)7-16-6-9(3)11(14)15/h4-5,8-9H,6-7H2,1-3H3,(H,14,15). The number of thioether (sulfide) groups is 1. The van der Waals surface area contributed by atoms with Gasteiger partial charge in [0.1, 0.15) is 0 Å². The van der Waals surface area contributed by atoms with Crippen LogP contribution in [0.5, 0.6) is 0 Å². The van der Waals surface area contributed by atoms with Gasteiger partial charge in [0.2, 0.25) is 0 Å². The maximum absolute atomic E-state index is 10.6. The Hall–Kier alpha value is -0.970. The number of hydrogen-bond donors (Lipinski definition) is 1. The normalized spacial score (nSPS) is 13.0. The van der Waals surface area contributed by atoms with Crippen LogP contribution in [0, 0.1) is 5.92 Å². The summed E-state index contributed by atoms with van der Waals surface area (Å²) in [6.45, 7) is 5.88. The van der Waals surface area contributed by atoms with E-state index in [2.05, 4.69) is 18.9 Å². The highest BCUT2D eigenvalue weighted by Crippen LogP contribution is 2.15. The molecule has 0 saturated heterocycles. The van der Waals surface area contributed by atoms with Crippen LogP contribution in [0.3, 0.4) is 0 Å². The maximum atomic E-state index is 10.6. The van der Waals surface area contributed by atoms with Crippen LogP contribution in [-0.4, -0.2) is 26.6 Å². The average Bonchev–Trinajstić information content (AvgIpc) is 2.66. The van der Waals surface area contributed by atoms with Crippen molar-refractivity contribution in [1.29, 1.82) is 0 Å². The number of hydrogen-bond acceptors (Lipinski definition) is 3. The lowest BCUT2D eigenvalue weighted by molar-refractivity contribution is -0.140. The first kappa shape index (κ1) is 13.1. The summed E-state index contributed by atoms with van der Waals surface area (Å²) in [5.41, 5.74) is 1.01. The Morgan fingerprint density at radius 2 is 2.25 bits per heavy atom. The van der Waals surface area contributed by atoms with Gasteiger partial charge >= 0.3 is 5.97 Å². The Labute approximate surface area is 100 Å². The third-order valence-electron chi connectivity index (χ3n) is 2.23. The summed E-state index contributed by atoms with van der Waals surface area (Å²) in [6.07, 6.45) is 1.96. The molecule has 0 aliphatic rings. The predicted molar refractivity (Wildman–Crippen MR) is 65.6 cm³/mol. The van der Waals surface area contributed by atoms with Crippen molar-refractivity contribution in [2.24, 2.45) is 5.92 Å². The number of aliphatic carboxylic acids is 1. The molecular weight excluding hydrogens is 224 g/mol. The second-order valence-electron chi connectivity index (χ2n) is 4.14. The topological polar surface area (TPSA) is 55.1 Å². The Kier molecular flexibility index (Phi) is 4.86. The summed E-state index contributed by atoms with van der Waals surface area (Å²) in [4.78, 5) is 10.6. The van der Waals surface area contributed by atoms with E-state index in [4.69, 9.17) is 5.11 Å². The van der Waals surface area contributed by atoms with Gasteiger partial charge in [0.05, 0.1) is 11.6 Å². The second kappa shape index (κ2) is 5.94. The monoisotopic (exact) mass is 242 g/mol. The summed E-state index contributed by atoms with van der Waals surface area (Å²) in [6, 6.07) is 2.36.